The highest BCUT2D eigenvalue weighted by atomic mass is 35.5. The van der Waals surface area contributed by atoms with Crippen LogP contribution >= 0.6 is 35.0 Å². The Labute approximate surface area is 114 Å². The van der Waals surface area contributed by atoms with Crippen LogP contribution in [0.15, 0.2) is 46.5 Å². The molecule has 0 atom stereocenters. The van der Waals surface area contributed by atoms with E-state index in [0.29, 0.717) is 10.0 Å². The van der Waals surface area contributed by atoms with Gasteiger partial charge in [-0.15, -0.1) is 0 Å². The van der Waals surface area contributed by atoms with Crippen molar-refractivity contribution in [1.82, 2.24) is 4.98 Å². The number of nitrogens with zero attached hydrogens (tertiary/aromatic N) is 1. The molecule has 1 N–H and O–H groups in total. The molecule has 1 aromatic heterocycles. The Morgan fingerprint density at radius 1 is 1.12 bits per heavy atom. The molecule has 0 radical (unpaired) electrons. The van der Waals surface area contributed by atoms with Crippen LogP contribution in [0.2, 0.25) is 10.0 Å². The summed E-state index contributed by atoms with van der Waals surface area (Å²) in [6, 6.07) is 9.15. The van der Waals surface area contributed by atoms with Gasteiger partial charge in [-0.3, -0.25) is 0 Å². The van der Waals surface area contributed by atoms with Crippen LogP contribution in [0.1, 0.15) is 5.56 Å². The number of hydrogen-bond donors (Lipinski definition) is 1. The maximum absolute atomic E-state index is 8.91. The van der Waals surface area contributed by atoms with Gasteiger partial charge in [-0.05, 0) is 29.8 Å². The number of halogens is 2. The number of hydrogen-bond acceptors (Lipinski definition) is 3. The van der Waals surface area contributed by atoms with Crippen LogP contribution in [0.4, 0.5) is 0 Å². The first kappa shape index (κ1) is 12.7. The minimum atomic E-state index is 0.00468. The van der Waals surface area contributed by atoms with Crippen LogP contribution in [0.5, 0.6) is 0 Å². The maximum Gasteiger partial charge on any atom is 0.101 e. The van der Waals surface area contributed by atoms with E-state index in [1.165, 1.54) is 11.8 Å². The van der Waals surface area contributed by atoms with Gasteiger partial charge in [0, 0.05) is 11.1 Å². The predicted molar refractivity (Wildman–Crippen MR) is 70.7 cm³/mol. The van der Waals surface area contributed by atoms with Crippen molar-refractivity contribution >= 4 is 35.0 Å². The van der Waals surface area contributed by atoms with Crippen LogP contribution in [0, 0.1) is 0 Å². The number of benzene rings is 1. The van der Waals surface area contributed by atoms with E-state index in [0.717, 1.165) is 15.5 Å². The molecule has 0 aliphatic heterocycles. The first-order valence-electron chi connectivity index (χ1n) is 4.88. The summed E-state index contributed by atoms with van der Waals surface area (Å²) in [6.07, 6.45) is 1.65. The molecule has 0 amide bonds. The second-order valence-corrected chi connectivity index (χ2v) is 5.25. The zero-order chi connectivity index (χ0) is 12.3. The SMILES string of the molecule is OCc1ccc(Sc2ccc(Cl)c(Cl)c2)nc1. The molecular formula is C12H9Cl2NOS. The van der Waals surface area contributed by atoms with Crippen LogP contribution in [-0.4, -0.2) is 10.1 Å². The first-order valence-corrected chi connectivity index (χ1v) is 6.45. The van der Waals surface area contributed by atoms with Crippen molar-refractivity contribution in [1.29, 1.82) is 0 Å². The van der Waals surface area contributed by atoms with Crippen molar-refractivity contribution in [3.8, 4) is 0 Å². The number of rotatable bonds is 3. The van der Waals surface area contributed by atoms with E-state index in [9.17, 15) is 0 Å². The van der Waals surface area contributed by atoms with E-state index in [1.807, 2.05) is 18.2 Å². The van der Waals surface area contributed by atoms with E-state index in [4.69, 9.17) is 28.3 Å². The van der Waals surface area contributed by atoms with E-state index in [2.05, 4.69) is 4.98 Å². The molecule has 2 nitrogen and oxygen atoms in total. The summed E-state index contributed by atoms with van der Waals surface area (Å²) in [5.41, 5.74) is 0.795. The monoisotopic (exact) mass is 285 g/mol. The second kappa shape index (κ2) is 5.74. The van der Waals surface area contributed by atoms with Gasteiger partial charge in [0.05, 0.1) is 16.7 Å². The van der Waals surface area contributed by atoms with Gasteiger partial charge in [-0.25, -0.2) is 4.98 Å². The van der Waals surface area contributed by atoms with Crippen LogP contribution in [0.25, 0.3) is 0 Å². The molecule has 1 heterocycles. The number of aliphatic hydroxyl groups excluding tert-OH is 1. The van der Waals surface area contributed by atoms with Crippen molar-refractivity contribution in [3.63, 3.8) is 0 Å². The minimum absolute atomic E-state index is 0.00468. The topological polar surface area (TPSA) is 33.1 Å². The Bertz CT molecular complexity index is 516. The fraction of sp³-hybridized carbons (Fsp3) is 0.0833. The van der Waals surface area contributed by atoms with E-state index in [-0.39, 0.29) is 6.61 Å². The third-order valence-electron chi connectivity index (χ3n) is 2.09. The predicted octanol–water partition coefficient (Wildman–Crippen LogP) is 4.03. The molecule has 0 saturated carbocycles. The van der Waals surface area contributed by atoms with Crippen LogP contribution in [-0.2, 0) is 6.61 Å². The lowest BCUT2D eigenvalue weighted by atomic mass is 10.3. The van der Waals surface area contributed by atoms with Gasteiger partial charge in [0.2, 0.25) is 0 Å². The molecule has 17 heavy (non-hydrogen) atoms. The number of aliphatic hydroxyl groups is 1. The zero-order valence-corrected chi connectivity index (χ0v) is 11.1. The molecule has 5 heteroatoms. The first-order chi connectivity index (χ1) is 8.19. The molecule has 0 fully saturated rings. The third-order valence-corrected chi connectivity index (χ3v) is 3.77. The quantitative estimate of drug-likeness (QED) is 0.924. The second-order valence-electron chi connectivity index (χ2n) is 3.34. The van der Waals surface area contributed by atoms with E-state index >= 15 is 0 Å². The fourth-order valence-electron chi connectivity index (χ4n) is 1.23. The summed E-state index contributed by atoms with van der Waals surface area (Å²) < 4.78 is 0. The number of aromatic nitrogens is 1. The average Bonchev–Trinajstić information content (AvgIpc) is 2.35. The maximum atomic E-state index is 8.91. The highest BCUT2D eigenvalue weighted by Crippen LogP contribution is 2.31. The summed E-state index contributed by atoms with van der Waals surface area (Å²) in [5.74, 6) is 0. The van der Waals surface area contributed by atoms with Gasteiger partial charge >= 0.3 is 0 Å². The summed E-state index contributed by atoms with van der Waals surface area (Å²) in [7, 11) is 0. The fourth-order valence-corrected chi connectivity index (χ4v) is 2.38. The highest BCUT2D eigenvalue weighted by molar-refractivity contribution is 7.99. The lowest BCUT2D eigenvalue weighted by molar-refractivity contribution is 0.281. The Kier molecular flexibility index (Phi) is 4.29. The molecule has 0 saturated heterocycles. The Hall–Kier alpha value is -0.740. The normalized spacial score (nSPS) is 10.5. The molecule has 88 valence electrons. The van der Waals surface area contributed by atoms with Gasteiger partial charge in [0.1, 0.15) is 5.03 Å². The molecule has 0 aliphatic carbocycles. The Balaban J connectivity index is 2.16. The molecule has 0 spiro atoms. The average molecular weight is 286 g/mol. The van der Waals surface area contributed by atoms with Crippen LogP contribution < -0.4 is 0 Å². The summed E-state index contributed by atoms with van der Waals surface area (Å²) in [4.78, 5) is 5.20. The molecule has 1 aromatic carbocycles. The molecule has 2 rings (SSSR count). The highest BCUT2D eigenvalue weighted by Gasteiger charge is 2.02. The van der Waals surface area contributed by atoms with Crippen molar-refractivity contribution in [2.75, 3.05) is 0 Å². The summed E-state index contributed by atoms with van der Waals surface area (Å²) in [6.45, 7) is 0.00468. The van der Waals surface area contributed by atoms with Crippen LogP contribution in [0.3, 0.4) is 0 Å². The lowest BCUT2D eigenvalue weighted by Crippen LogP contribution is -1.86. The van der Waals surface area contributed by atoms with Crippen molar-refractivity contribution < 1.29 is 5.11 Å². The lowest BCUT2D eigenvalue weighted by Gasteiger charge is -2.03. The molecule has 0 bridgehead atoms. The molecule has 0 unspecified atom stereocenters. The van der Waals surface area contributed by atoms with Gasteiger partial charge < -0.3 is 5.11 Å². The van der Waals surface area contributed by atoms with Crippen molar-refractivity contribution in [2.24, 2.45) is 0 Å². The molecular weight excluding hydrogens is 277 g/mol. The zero-order valence-electron chi connectivity index (χ0n) is 8.73. The largest absolute Gasteiger partial charge is 0.392 e. The summed E-state index contributed by atoms with van der Waals surface area (Å²) >= 11 is 13.3. The minimum Gasteiger partial charge on any atom is -0.392 e. The van der Waals surface area contributed by atoms with E-state index < -0.39 is 0 Å². The molecule has 0 aliphatic rings. The Morgan fingerprint density at radius 2 is 1.94 bits per heavy atom. The van der Waals surface area contributed by atoms with Gasteiger partial charge in [0.15, 0.2) is 0 Å². The number of pyridine rings is 1. The van der Waals surface area contributed by atoms with Crippen molar-refractivity contribution in [3.05, 3.63) is 52.1 Å². The Morgan fingerprint density at radius 3 is 2.53 bits per heavy atom. The van der Waals surface area contributed by atoms with Gasteiger partial charge in [0.25, 0.3) is 0 Å². The summed E-state index contributed by atoms with van der Waals surface area (Å²) in [5, 5.41) is 10.8. The standard InChI is InChI=1S/C12H9Cl2NOS/c13-10-3-2-9(5-11(10)14)17-12-4-1-8(7-16)6-15-12/h1-6,16H,7H2. The van der Waals surface area contributed by atoms with Crippen molar-refractivity contribution in [2.45, 2.75) is 16.5 Å². The third kappa shape index (κ3) is 3.36. The van der Waals surface area contributed by atoms with Gasteiger partial charge in [-0.1, -0.05) is 41.0 Å². The molecule has 2 aromatic rings. The van der Waals surface area contributed by atoms with Gasteiger partial charge in [-0.2, -0.15) is 0 Å². The van der Waals surface area contributed by atoms with E-state index in [1.54, 1.807) is 18.3 Å². The smallest absolute Gasteiger partial charge is 0.101 e.